The molecule has 23 heavy (non-hydrogen) atoms. The van der Waals surface area contributed by atoms with Crippen LogP contribution in [0.25, 0.3) is 0 Å². The van der Waals surface area contributed by atoms with Crippen molar-refractivity contribution in [1.29, 1.82) is 0 Å². The second kappa shape index (κ2) is 7.54. The van der Waals surface area contributed by atoms with E-state index in [1.165, 1.54) is 0 Å². The SMILES string of the molecule is CNC(=O)[C@@H](c1ccc(C)cc1)[C@H](C[N+](=O)[O-])c1ccccc1. The van der Waals surface area contributed by atoms with E-state index in [9.17, 15) is 14.9 Å². The van der Waals surface area contributed by atoms with Crippen LogP contribution in [0.4, 0.5) is 0 Å². The van der Waals surface area contributed by atoms with Gasteiger partial charge in [-0.25, -0.2) is 0 Å². The van der Waals surface area contributed by atoms with Gasteiger partial charge in [0.15, 0.2) is 0 Å². The summed E-state index contributed by atoms with van der Waals surface area (Å²) >= 11 is 0. The van der Waals surface area contributed by atoms with E-state index in [0.717, 1.165) is 16.7 Å². The molecule has 0 spiro atoms. The minimum atomic E-state index is -0.603. The van der Waals surface area contributed by atoms with Gasteiger partial charge in [0.1, 0.15) is 0 Å². The molecule has 2 aromatic carbocycles. The van der Waals surface area contributed by atoms with Gasteiger partial charge in [0.05, 0.1) is 11.8 Å². The van der Waals surface area contributed by atoms with E-state index in [1.807, 2.05) is 61.5 Å². The molecule has 1 N–H and O–H groups in total. The first-order valence-corrected chi connectivity index (χ1v) is 7.48. The number of rotatable bonds is 6. The lowest BCUT2D eigenvalue weighted by atomic mass is 9.80. The van der Waals surface area contributed by atoms with Crippen molar-refractivity contribution in [2.45, 2.75) is 18.8 Å². The summed E-state index contributed by atoms with van der Waals surface area (Å²) in [6, 6.07) is 16.7. The molecule has 0 saturated heterocycles. The number of likely N-dealkylation sites (N-methyl/N-ethyl adjacent to an activating group) is 1. The summed E-state index contributed by atoms with van der Waals surface area (Å²) in [4.78, 5) is 23.3. The molecule has 0 aliphatic heterocycles. The zero-order valence-electron chi connectivity index (χ0n) is 13.2. The maximum Gasteiger partial charge on any atom is 0.228 e. The molecule has 0 aromatic heterocycles. The smallest absolute Gasteiger partial charge is 0.228 e. The third kappa shape index (κ3) is 4.16. The monoisotopic (exact) mass is 312 g/mol. The van der Waals surface area contributed by atoms with Crippen LogP contribution < -0.4 is 5.32 Å². The number of aryl methyl sites for hydroxylation is 1. The highest BCUT2D eigenvalue weighted by atomic mass is 16.6. The van der Waals surface area contributed by atoms with Crippen molar-refractivity contribution in [3.8, 4) is 0 Å². The predicted molar refractivity (Wildman–Crippen MR) is 89.0 cm³/mol. The zero-order valence-corrected chi connectivity index (χ0v) is 13.2. The van der Waals surface area contributed by atoms with Crippen LogP contribution in [0.3, 0.4) is 0 Å². The van der Waals surface area contributed by atoms with Gasteiger partial charge in [-0.1, -0.05) is 60.2 Å². The number of carbonyl (C=O) groups excluding carboxylic acids is 1. The third-order valence-electron chi connectivity index (χ3n) is 3.94. The minimum Gasteiger partial charge on any atom is -0.359 e. The Balaban J connectivity index is 2.50. The number of benzene rings is 2. The van der Waals surface area contributed by atoms with E-state index in [1.54, 1.807) is 7.05 Å². The molecule has 2 aromatic rings. The Kier molecular flexibility index (Phi) is 5.46. The van der Waals surface area contributed by atoms with Crippen LogP contribution >= 0.6 is 0 Å². The van der Waals surface area contributed by atoms with Crippen LogP contribution in [0.2, 0.25) is 0 Å². The van der Waals surface area contributed by atoms with E-state index in [-0.39, 0.29) is 17.4 Å². The molecule has 120 valence electrons. The summed E-state index contributed by atoms with van der Waals surface area (Å²) in [5, 5.41) is 13.8. The predicted octanol–water partition coefficient (Wildman–Crippen LogP) is 2.89. The number of nitrogens with zero attached hydrogens (tertiary/aromatic N) is 1. The second-order valence-corrected chi connectivity index (χ2v) is 5.54. The fourth-order valence-corrected chi connectivity index (χ4v) is 2.76. The molecule has 2 rings (SSSR count). The summed E-state index contributed by atoms with van der Waals surface area (Å²) in [7, 11) is 1.55. The summed E-state index contributed by atoms with van der Waals surface area (Å²) in [5.41, 5.74) is 2.65. The molecule has 0 fully saturated rings. The van der Waals surface area contributed by atoms with Gasteiger partial charge in [0.25, 0.3) is 0 Å². The van der Waals surface area contributed by atoms with Gasteiger partial charge in [-0.15, -0.1) is 0 Å². The van der Waals surface area contributed by atoms with Crippen LogP contribution in [0.1, 0.15) is 28.5 Å². The number of hydrogen-bond acceptors (Lipinski definition) is 3. The topological polar surface area (TPSA) is 72.2 Å². The normalized spacial score (nSPS) is 13.1. The fraction of sp³-hybridized carbons (Fsp3) is 0.278. The summed E-state index contributed by atoms with van der Waals surface area (Å²) in [6.07, 6.45) is 0. The lowest BCUT2D eigenvalue weighted by Gasteiger charge is -2.24. The standard InChI is InChI=1S/C18H20N2O3/c1-13-8-10-15(11-9-13)17(18(21)19-2)16(12-20(22)23)14-6-4-3-5-7-14/h3-11,16-17H,12H2,1-2H3,(H,19,21)/t16-,17+/m1/s1. The highest BCUT2D eigenvalue weighted by Crippen LogP contribution is 2.33. The Morgan fingerprint density at radius 1 is 1.09 bits per heavy atom. The van der Waals surface area contributed by atoms with Crippen molar-refractivity contribution < 1.29 is 9.72 Å². The average Bonchev–Trinajstić information content (AvgIpc) is 2.56. The van der Waals surface area contributed by atoms with Gasteiger partial charge in [0, 0.05) is 12.0 Å². The fourth-order valence-electron chi connectivity index (χ4n) is 2.76. The quantitative estimate of drug-likeness (QED) is 0.658. The Bertz CT molecular complexity index is 668. The van der Waals surface area contributed by atoms with Crippen molar-refractivity contribution in [2.24, 2.45) is 0 Å². The second-order valence-electron chi connectivity index (χ2n) is 5.54. The molecule has 0 heterocycles. The molecule has 0 aliphatic carbocycles. The van der Waals surface area contributed by atoms with Crippen molar-refractivity contribution >= 4 is 5.91 Å². The van der Waals surface area contributed by atoms with Crippen molar-refractivity contribution in [3.05, 3.63) is 81.4 Å². The van der Waals surface area contributed by atoms with Crippen LogP contribution in [0.15, 0.2) is 54.6 Å². The number of amides is 1. The van der Waals surface area contributed by atoms with E-state index in [4.69, 9.17) is 0 Å². The molecule has 0 unspecified atom stereocenters. The molecule has 5 heteroatoms. The molecule has 0 bridgehead atoms. The van der Waals surface area contributed by atoms with Crippen LogP contribution in [0, 0.1) is 17.0 Å². The van der Waals surface area contributed by atoms with Gasteiger partial charge in [0.2, 0.25) is 12.5 Å². The largest absolute Gasteiger partial charge is 0.359 e. The van der Waals surface area contributed by atoms with Gasteiger partial charge in [-0.3, -0.25) is 14.9 Å². The Labute approximate surface area is 135 Å². The van der Waals surface area contributed by atoms with Gasteiger partial charge in [-0.2, -0.15) is 0 Å². The van der Waals surface area contributed by atoms with Crippen LogP contribution in [-0.2, 0) is 4.79 Å². The first-order valence-electron chi connectivity index (χ1n) is 7.48. The lowest BCUT2D eigenvalue weighted by molar-refractivity contribution is -0.483. The van der Waals surface area contributed by atoms with E-state index < -0.39 is 11.8 Å². The van der Waals surface area contributed by atoms with Gasteiger partial charge < -0.3 is 5.32 Å². The van der Waals surface area contributed by atoms with E-state index in [0.29, 0.717) is 0 Å². The van der Waals surface area contributed by atoms with Gasteiger partial charge >= 0.3 is 0 Å². The molecule has 5 nitrogen and oxygen atoms in total. The Hall–Kier alpha value is -2.69. The maximum absolute atomic E-state index is 12.5. The van der Waals surface area contributed by atoms with E-state index >= 15 is 0 Å². The molecule has 2 atom stereocenters. The third-order valence-corrected chi connectivity index (χ3v) is 3.94. The van der Waals surface area contributed by atoms with Gasteiger partial charge in [-0.05, 0) is 18.1 Å². The zero-order chi connectivity index (χ0) is 16.8. The lowest BCUT2D eigenvalue weighted by Crippen LogP contribution is -2.33. The van der Waals surface area contributed by atoms with Crippen molar-refractivity contribution in [1.82, 2.24) is 5.32 Å². The van der Waals surface area contributed by atoms with Crippen LogP contribution in [0.5, 0.6) is 0 Å². The highest BCUT2D eigenvalue weighted by molar-refractivity contribution is 5.84. The Morgan fingerprint density at radius 2 is 1.70 bits per heavy atom. The number of nitro groups is 1. The summed E-state index contributed by atoms with van der Waals surface area (Å²) in [5.74, 6) is -1.34. The number of nitrogens with one attached hydrogen (secondary N) is 1. The molecular weight excluding hydrogens is 292 g/mol. The minimum absolute atomic E-state index is 0.218. The summed E-state index contributed by atoms with van der Waals surface area (Å²) in [6.45, 7) is 1.67. The molecule has 1 amide bonds. The van der Waals surface area contributed by atoms with Crippen molar-refractivity contribution in [3.63, 3.8) is 0 Å². The number of hydrogen-bond donors (Lipinski definition) is 1. The average molecular weight is 312 g/mol. The van der Waals surface area contributed by atoms with Crippen LogP contribution in [-0.4, -0.2) is 24.4 Å². The first-order chi connectivity index (χ1) is 11.0. The highest BCUT2D eigenvalue weighted by Gasteiger charge is 2.34. The van der Waals surface area contributed by atoms with E-state index in [2.05, 4.69) is 5.32 Å². The Morgan fingerprint density at radius 3 is 2.22 bits per heavy atom. The number of carbonyl (C=O) groups is 1. The maximum atomic E-state index is 12.5. The van der Waals surface area contributed by atoms with Crippen molar-refractivity contribution in [2.75, 3.05) is 13.6 Å². The first kappa shape index (κ1) is 16.7. The molecule has 0 aliphatic rings. The molecule has 0 saturated carbocycles. The summed E-state index contributed by atoms with van der Waals surface area (Å²) < 4.78 is 0. The molecular formula is C18H20N2O3. The molecule has 0 radical (unpaired) electrons.